The predicted octanol–water partition coefficient (Wildman–Crippen LogP) is 3.41. The minimum absolute atomic E-state index is 0.0654. The monoisotopic (exact) mass is 245 g/mol. The summed E-state index contributed by atoms with van der Waals surface area (Å²) >= 11 is 0. The summed E-state index contributed by atoms with van der Waals surface area (Å²) in [4.78, 5) is 4.32. The Balaban J connectivity index is 1.85. The largest absolute Gasteiger partial charge is 0.508 e. The van der Waals surface area contributed by atoms with Crippen LogP contribution in [0.25, 0.3) is 0 Å². The van der Waals surface area contributed by atoms with Crippen molar-refractivity contribution in [2.75, 3.05) is 6.54 Å². The molecule has 1 aromatic carbocycles. The fourth-order valence-electron chi connectivity index (χ4n) is 2.14. The average molecular weight is 245 g/mol. The summed E-state index contributed by atoms with van der Waals surface area (Å²) in [6, 6.07) is 4.53. The summed E-state index contributed by atoms with van der Waals surface area (Å²) in [5, 5.41) is 18.7. The van der Waals surface area contributed by atoms with Gasteiger partial charge in [-0.05, 0) is 44.2 Å². The van der Waals surface area contributed by atoms with Crippen LogP contribution in [0.1, 0.15) is 37.7 Å². The molecule has 2 rings (SSSR count). The first-order valence-electron chi connectivity index (χ1n) is 6.45. The van der Waals surface area contributed by atoms with E-state index in [9.17, 15) is 5.11 Å². The molecule has 1 aliphatic rings. The molecule has 0 amide bonds. The van der Waals surface area contributed by atoms with Crippen LogP contribution in [0.2, 0.25) is 0 Å². The van der Waals surface area contributed by atoms with Crippen LogP contribution in [0.4, 0.5) is 0 Å². The first-order valence-corrected chi connectivity index (χ1v) is 6.45. The van der Waals surface area contributed by atoms with Crippen molar-refractivity contribution in [3.63, 3.8) is 0 Å². The van der Waals surface area contributed by atoms with Crippen LogP contribution in [0.5, 0.6) is 11.5 Å². The van der Waals surface area contributed by atoms with E-state index < -0.39 is 0 Å². The molecule has 1 aliphatic carbocycles. The van der Waals surface area contributed by atoms with E-state index >= 15 is 0 Å². The molecule has 0 bridgehead atoms. The van der Waals surface area contributed by atoms with Crippen LogP contribution in [0.15, 0.2) is 34.8 Å². The number of rotatable bonds is 4. The van der Waals surface area contributed by atoms with Gasteiger partial charge in [-0.1, -0.05) is 11.6 Å². The van der Waals surface area contributed by atoms with Crippen molar-refractivity contribution in [2.45, 2.75) is 32.1 Å². The molecule has 0 saturated carbocycles. The fourth-order valence-corrected chi connectivity index (χ4v) is 2.14. The number of aliphatic imine (C=N–C) groups is 1. The molecular formula is C15H19NO2. The number of hydrogen-bond acceptors (Lipinski definition) is 3. The molecule has 2 N–H and O–H groups in total. The van der Waals surface area contributed by atoms with E-state index in [-0.39, 0.29) is 11.5 Å². The van der Waals surface area contributed by atoms with Gasteiger partial charge >= 0.3 is 0 Å². The summed E-state index contributed by atoms with van der Waals surface area (Å²) in [5.41, 5.74) is 2.15. The van der Waals surface area contributed by atoms with E-state index in [4.69, 9.17) is 5.11 Å². The third-order valence-corrected chi connectivity index (χ3v) is 3.19. The summed E-state index contributed by atoms with van der Waals surface area (Å²) in [7, 11) is 0. The number of hydrogen-bond donors (Lipinski definition) is 2. The number of nitrogens with zero attached hydrogens (tertiary/aromatic N) is 1. The highest BCUT2D eigenvalue weighted by Crippen LogP contribution is 2.21. The Labute approximate surface area is 108 Å². The molecule has 0 fully saturated rings. The number of phenolic OH excluding ortho intramolecular Hbond substituents is 2. The molecular weight excluding hydrogens is 226 g/mol. The van der Waals surface area contributed by atoms with Crippen LogP contribution in [0, 0.1) is 0 Å². The third kappa shape index (κ3) is 3.62. The van der Waals surface area contributed by atoms with Crippen molar-refractivity contribution in [2.24, 2.45) is 4.99 Å². The Morgan fingerprint density at radius 1 is 1.22 bits per heavy atom. The zero-order valence-electron chi connectivity index (χ0n) is 10.5. The Hall–Kier alpha value is -1.77. The van der Waals surface area contributed by atoms with Gasteiger partial charge in [-0.3, -0.25) is 4.99 Å². The SMILES string of the molecule is Oc1ccc(C=NCCC2=CCCCC2)c(O)c1. The lowest BCUT2D eigenvalue weighted by Gasteiger charge is -2.10. The lowest BCUT2D eigenvalue weighted by atomic mass is 9.97. The second kappa shape index (κ2) is 6.24. The summed E-state index contributed by atoms with van der Waals surface area (Å²) in [5.74, 6) is 0.132. The van der Waals surface area contributed by atoms with Crippen molar-refractivity contribution >= 4 is 6.21 Å². The van der Waals surface area contributed by atoms with Crippen LogP contribution >= 0.6 is 0 Å². The molecule has 0 saturated heterocycles. The van der Waals surface area contributed by atoms with Gasteiger partial charge in [0.05, 0.1) is 0 Å². The third-order valence-electron chi connectivity index (χ3n) is 3.19. The Kier molecular flexibility index (Phi) is 4.40. The lowest BCUT2D eigenvalue weighted by Crippen LogP contribution is -1.94. The minimum Gasteiger partial charge on any atom is -0.508 e. The van der Waals surface area contributed by atoms with E-state index in [1.165, 1.54) is 37.3 Å². The first-order chi connectivity index (χ1) is 8.75. The van der Waals surface area contributed by atoms with E-state index in [1.807, 2.05) is 0 Å². The van der Waals surface area contributed by atoms with E-state index in [0.29, 0.717) is 5.56 Å². The normalized spacial score (nSPS) is 15.9. The highest BCUT2D eigenvalue weighted by atomic mass is 16.3. The molecule has 0 atom stereocenters. The molecule has 0 radical (unpaired) electrons. The maximum Gasteiger partial charge on any atom is 0.128 e. The standard InChI is InChI=1S/C15H19NO2/c17-14-7-6-13(15(18)10-14)11-16-9-8-12-4-2-1-3-5-12/h4,6-7,10-11,17-18H,1-3,5,8-9H2. The van der Waals surface area contributed by atoms with Gasteiger partial charge in [-0.15, -0.1) is 0 Å². The molecule has 96 valence electrons. The van der Waals surface area contributed by atoms with E-state index in [1.54, 1.807) is 18.3 Å². The van der Waals surface area contributed by atoms with Gasteiger partial charge in [0.1, 0.15) is 11.5 Å². The van der Waals surface area contributed by atoms with Gasteiger partial charge in [-0.25, -0.2) is 0 Å². The topological polar surface area (TPSA) is 52.8 Å². The van der Waals surface area contributed by atoms with Gasteiger partial charge in [0.15, 0.2) is 0 Å². The molecule has 18 heavy (non-hydrogen) atoms. The molecule has 0 heterocycles. The second-order valence-corrected chi connectivity index (χ2v) is 4.64. The van der Waals surface area contributed by atoms with Gasteiger partial charge in [0.2, 0.25) is 0 Å². The smallest absolute Gasteiger partial charge is 0.128 e. The van der Waals surface area contributed by atoms with Crippen LogP contribution in [0.3, 0.4) is 0 Å². The zero-order valence-corrected chi connectivity index (χ0v) is 10.5. The Morgan fingerprint density at radius 2 is 2.11 bits per heavy atom. The molecule has 1 aromatic rings. The van der Waals surface area contributed by atoms with E-state index in [0.717, 1.165) is 13.0 Å². The van der Waals surface area contributed by atoms with Crippen molar-refractivity contribution in [3.05, 3.63) is 35.4 Å². The second-order valence-electron chi connectivity index (χ2n) is 4.64. The Morgan fingerprint density at radius 3 is 2.83 bits per heavy atom. The average Bonchev–Trinajstić information content (AvgIpc) is 2.38. The molecule has 0 aliphatic heterocycles. The number of aromatic hydroxyl groups is 2. The lowest BCUT2D eigenvalue weighted by molar-refractivity contribution is 0.450. The van der Waals surface area contributed by atoms with Gasteiger partial charge < -0.3 is 10.2 Å². The van der Waals surface area contributed by atoms with Crippen molar-refractivity contribution < 1.29 is 10.2 Å². The maximum atomic E-state index is 9.58. The maximum absolute atomic E-state index is 9.58. The molecule has 3 heteroatoms. The number of benzene rings is 1. The highest BCUT2D eigenvalue weighted by molar-refractivity contribution is 5.83. The molecule has 3 nitrogen and oxygen atoms in total. The van der Waals surface area contributed by atoms with Crippen LogP contribution < -0.4 is 0 Å². The van der Waals surface area contributed by atoms with Crippen molar-refractivity contribution in [1.82, 2.24) is 0 Å². The summed E-state index contributed by atoms with van der Waals surface area (Å²) in [6.07, 6.45) is 10.0. The quantitative estimate of drug-likeness (QED) is 0.631. The summed E-state index contributed by atoms with van der Waals surface area (Å²) in [6.45, 7) is 0.756. The first kappa shape index (κ1) is 12.7. The molecule has 0 spiro atoms. The molecule has 0 aromatic heterocycles. The predicted molar refractivity (Wildman–Crippen MR) is 73.4 cm³/mol. The van der Waals surface area contributed by atoms with Gasteiger partial charge in [0.25, 0.3) is 0 Å². The number of phenols is 2. The Bertz CT molecular complexity index is 464. The van der Waals surface area contributed by atoms with Crippen LogP contribution in [-0.2, 0) is 0 Å². The highest BCUT2D eigenvalue weighted by Gasteiger charge is 2.02. The van der Waals surface area contributed by atoms with Crippen LogP contribution in [-0.4, -0.2) is 23.0 Å². The summed E-state index contributed by atoms with van der Waals surface area (Å²) < 4.78 is 0. The van der Waals surface area contributed by atoms with Gasteiger partial charge in [-0.2, -0.15) is 0 Å². The minimum atomic E-state index is 0.0654. The van der Waals surface area contributed by atoms with Gasteiger partial charge in [0, 0.05) is 24.4 Å². The fraction of sp³-hybridized carbons (Fsp3) is 0.400. The van der Waals surface area contributed by atoms with Crippen molar-refractivity contribution in [3.8, 4) is 11.5 Å². The number of allylic oxidation sites excluding steroid dienone is 1. The molecule has 0 unspecified atom stereocenters. The zero-order chi connectivity index (χ0) is 12.8. The van der Waals surface area contributed by atoms with E-state index in [2.05, 4.69) is 11.1 Å². The van der Waals surface area contributed by atoms with Crippen molar-refractivity contribution in [1.29, 1.82) is 0 Å².